The minimum absolute atomic E-state index is 0.0920. The topological polar surface area (TPSA) is 126 Å². The highest BCUT2D eigenvalue weighted by Crippen LogP contribution is 2.41. The van der Waals surface area contributed by atoms with Crippen molar-refractivity contribution in [3.8, 4) is 5.75 Å². The molecular weight excluding hydrogens is 450 g/mol. The maximum atomic E-state index is 13.1. The largest absolute Gasteiger partial charge is 0.496 e. The van der Waals surface area contributed by atoms with Crippen molar-refractivity contribution in [1.82, 2.24) is 14.9 Å². The molecule has 0 saturated heterocycles. The number of amides is 2. The van der Waals surface area contributed by atoms with Gasteiger partial charge in [0.2, 0.25) is 0 Å². The monoisotopic (exact) mass is 473 g/mol. The summed E-state index contributed by atoms with van der Waals surface area (Å²) >= 11 is 1.30. The molecule has 2 aromatic carbocycles. The highest BCUT2D eigenvalue weighted by molar-refractivity contribution is 8.13. The number of carbonyl (C=O) groups is 2. The molecule has 0 aliphatic carbocycles. The van der Waals surface area contributed by atoms with Gasteiger partial charge in [0.25, 0.3) is 11.8 Å². The van der Waals surface area contributed by atoms with Crippen LogP contribution in [0.15, 0.2) is 54.9 Å². The van der Waals surface area contributed by atoms with Crippen molar-refractivity contribution in [1.29, 1.82) is 5.41 Å². The first-order valence-corrected chi connectivity index (χ1v) is 11.8. The van der Waals surface area contributed by atoms with Crippen molar-refractivity contribution in [3.63, 3.8) is 0 Å². The Morgan fingerprint density at radius 3 is 2.62 bits per heavy atom. The predicted molar refractivity (Wildman–Crippen MR) is 136 cm³/mol. The fourth-order valence-corrected chi connectivity index (χ4v) is 5.02. The van der Waals surface area contributed by atoms with Crippen LogP contribution >= 0.6 is 11.8 Å². The van der Waals surface area contributed by atoms with Gasteiger partial charge in [0, 0.05) is 52.1 Å². The number of H-pyrrole nitrogens is 1. The number of imide groups is 1. The molecule has 1 aliphatic heterocycles. The van der Waals surface area contributed by atoms with Crippen LogP contribution in [0, 0.1) is 5.41 Å². The van der Waals surface area contributed by atoms with Gasteiger partial charge >= 0.3 is 0 Å². The van der Waals surface area contributed by atoms with Crippen molar-refractivity contribution < 1.29 is 14.3 Å². The minimum Gasteiger partial charge on any atom is -0.496 e. The maximum absolute atomic E-state index is 13.1. The molecule has 9 heteroatoms. The van der Waals surface area contributed by atoms with Gasteiger partial charge in [-0.05, 0) is 24.6 Å². The van der Waals surface area contributed by atoms with Gasteiger partial charge < -0.3 is 20.0 Å². The van der Waals surface area contributed by atoms with E-state index in [1.165, 1.54) is 11.8 Å². The lowest BCUT2D eigenvalue weighted by atomic mass is 9.95. The lowest BCUT2D eigenvalue weighted by Gasteiger charge is -2.07. The van der Waals surface area contributed by atoms with Gasteiger partial charge in [0.1, 0.15) is 5.75 Å². The number of fused-ring (bicyclic) bond motifs is 2. The number of nitrogens with two attached hydrogens (primary N) is 1. The molecule has 172 valence electrons. The lowest BCUT2D eigenvalue weighted by Crippen LogP contribution is -2.22. The van der Waals surface area contributed by atoms with E-state index in [0.29, 0.717) is 40.3 Å². The second kappa shape index (κ2) is 8.75. The molecule has 0 unspecified atom stereocenters. The van der Waals surface area contributed by atoms with Crippen molar-refractivity contribution >= 4 is 61.7 Å². The Balaban J connectivity index is 1.71. The molecule has 0 spiro atoms. The van der Waals surface area contributed by atoms with Gasteiger partial charge in [0.15, 0.2) is 5.17 Å². The highest BCUT2D eigenvalue weighted by atomic mass is 32.2. The predicted octanol–water partition coefficient (Wildman–Crippen LogP) is 3.72. The van der Waals surface area contributed by atoms with Crippen LogP contribution in [0.3, 0.4) is 0 Å². The Morgan fingerprint density at radius 2 is 1.85 bits per heavy atom. The summed E-state index contributed by atoms with van der Waals surface area (Å²) in [5.41, 5.74) is 9.26. The first-order valence-electron chi connectivity index (χ1n) is 10.8. The second-order valence-electron chi connectivity index (χ2n) is 7.94. The van der Waals surface area contributed by atoms with E-state index in [-0.39, 0.29) is 5.17 Å². The van der Waals surface area contributed by atoms with Crippen molar-refractivity contribution in [2.24, 2.45) is 5.73 Å². The number of aromatic nitrogens is 2. The quantitative estimate of drug-likeness (QED) is 0.141. The van der Waals surface area contributed by atoms with Crippen LogP contribution in [0.4, 0.5) is 0 Å². The van der Waals surface area contributed by atoms with Gasteiger partial charge in [-0.3, -0.25) is 20.3 Å². The van der Waals surface area contributed by atoms with E-state index in [9.17, 15) is 9.59 Å². The number of carbonyl (C=O) groups excluding carboxylic acids is 2. The molecule has 0 fully saturated rings. The Kier molecular flexibility index (Phi) is 5.62. The molecule has 5 N–H and O–H groups in total. The number of benzene rings is 2. The van der Waals surface area contributed by atoms with Crippen LogP contribution in [-0.2, 0) is 16.1 Å². The number of hydrogen-bond donors (Lipinski definition) is 4. The number of rotatable bonds is 7. The van der Waals surface area contributed by atoms with Gasteiger partial charge in [-0.15, -0.1) is 0 Å². The highest BCUT2D eigenvalue weighted by Gasteiger charge is 2.35. The minimum atomic E-state index is -0.428. The summed E-state index contributed by atoms with van der Waals surface area (Å²) in [5, 5.41) is 11.6. The number of para-hydroxylation sites is 1. The third kappa shape index (κ3) is 3.63. The van der Waals surface area contributed by atoms with Crippen molar-refractivity contribution in [3.05, 3.63) is 66.0 Å². The zero-order chi connectivity index (χ0) is 23.8. The number of hydrogen-bond acceptors (Lipinski definition) is 5. The molecule has 0 saturated carbocycles. The first-order chi connectivity index (χ1) is 16.5. The zero-order valence-corrected chi connectivity index (χ0v) is 19.3. The van der Waals surface area contributed by atoms with Gasteiger partial charge in [0.05, 0.1) is 23.8 Å². The number of nitrogens with one attached hydrogen (secondary N) is 3. The summed E-state index contributed by atoms with van der Waals surface area (Å²) < 4.78 is 7.71. The first kappa shape index (κ1) is 21.8. The van der Waals surface area contributed by atoms with Crippen molar-refractivity contribution in [2.75, 3.05) is 12.9 Å². The van der Waals surface area contributed by atoms with Gasteiger partial charge in [-0.1, -0.05) is 36.0 Å². The van der Waals surface area contributed by atoms with Crippen molar-refractivity contribution in [2.45, 2.75) is 13.0 Å². The molecule has 1 aliphatic rings. The van der Waals surface area contributed by atoms with E-state index in [4.69, 9.17) is 15.9 Å². The normalized spacial score (nSPS) is 13.8. The van der Waals surface area contributed by atoms with E-state index in [1.54, 1.807) is 13.3 Å². The fraction of sp³-hybridized carbons (Fsp3) is 0.160. The number of amidine groups is 1. The van der Waals surface area contributed by atoms with Crippen LogP contribution in [0.2, 0.25) is 0 Å². The standard InChI is InChI=1S/C25H23N5O3S/c1-33-19-9-4-8-18-20(19)16(13-30(18)10-5-11-34-25(26)27)22-21(23(31)29-24(22)32)15-12-28-17-7-3-2-6-14(15)17/h2-4,6-9,12-13,28H,5,10-11H2,1H3,(H3,26,27)(H,29,31,32). The van der Waals surface area contributed by atoms with Crippen LogP contribution in [0.25, 0.3) is 33.0 Å². The summed E-state index contributed by atoms with van der Waals surface area (Å²) in [4.78, 5) is 29.3. The Bertz CT molecular complexity index is 1500. The molecule has 0 bridgehead atoms. The zero-order valence-electron chi connectivity index (χ0n) is 18.5. The molecule has 8 nitrogen and oxygen atoms in total. The average Bonchev–Trinajstić information content (AvgIpc) is 3.49. The van der Waals surface area contributed by atoms with E-state index < -0.39 is 11.8 Å². The van der Waals surface area contributed by atoms with E-state index in [0.717, 1.165) is 28.2 Å². The Hall–Kier alpha value is -3.98. The fourth-order valence-electron chi connectivity index (χ4n) is 4.53. The van der Waals surface area contributed by atoms with E-state index >= 15 is 0 Å². The smallest absolute Gasteiger partial charge is 0.259 e. The van der Waals surface area contributed by atoms with E-state index in [1.807, 2.05) is 48.7 Å². The Morgan fingerprint density at radius 1 is 1.09 bits per heavy atom. The van der Waals surface area contributed by atoms with Crippen LogP contribution in [-0.4, -0.2) is 39.4 Å². The third-order valence-corrected chi connectivity index (χ3v) is 6.75. The Labute approximate surface area is 199 Å². The molecule has 3 heterocycles. The average molecular weight is 474 g/mol. The maximum Gasteiger partial charge on any atom is 0.259 e. The van der Waals surface area contributed by atoms with Crippen LogP contribution in [0.1, 0.15) is 17.5 Å². The molecule has 2 amide bonds. The summed E-state index contributed by atoms with van der Waals surface area (Å²) in [6.45, 7) is 0.662. The molecular formula is C25H23N5O3S. The number of nitrogens with zero attached hydrogens (tertiary/aromatic N) is 1. The van der Waals surface area contributed by atoms with Gasteiger partial charge in [-0.25, -0.2) is 0 Å². The number of aromatic amines is 1. The van der Waals surface area contributed by atoms with Crippen LogP contribution < -0.4 is 15.8 Å². The summed E-state index contributed by atoms with van der Waals surface area (Å²) in [6, 6.07) is 13.4. The molecule has 34 heavy (non-hydrogen) atoms. The van der Waals surface area contributed by atoms with Crippen LogP contribution in [0.5, 0.6) is 5.75 Å². The lowest BCUT2D eigenvalue weighted by molar-refractivity contribution is -0.122. The second-order valence-corrected chi connectivity index (χ2v) is 9.07. The summed E-state index contributed by atoms with van der Waals surface area (Å²) in [7, 11) is 1.59. The van der Waals surface area contributed by atoms with Gasteiger partial charge in [-0.2, -0.15) is 0 Å². The summed E-state index contributed by atoms with van der Waals surface area (Å²) in [5.74, 6) is 0.486. The molecule has 2 aromatic heterocycles. The molecule has 0 atom stereocenters. The molecule has 4 aromatic rings. The number of aryl methyl sites for hydroxylation is 1. The molecule has 5 rings (SSSR count). The molecule has 0 radical (unpaired) electrons. The SMILES string of the molecule is COc1cccc2c1c(C1=C(c3c[nH]c4ccccc34)C(=O)NC1=O)cn2CCCSC(=N)N. The van der Waals surface area contributed by atoms with E-state index in [2.05, 4.69) is 14.9 Å². The number of thioether (sulfide) groups is 1. The summed E-state index contributed by atoms with van der Waals surface area (Å²) in [6.07, 6.45) is 4.46. The third-order valence-electron chi connectivity index (χ3n) is 5.95. The number of methoxy groups -OCH3 is 1. The number of ether oxygens (including phenoxy) is 1.